The highest BCUT2D eigenvalue weighted by atomic mass is 35.5. The highest BCUT2D eigenvalue weighted by Crippen LogP contribution is 2.29. The summed E-state index contributed by atoms with van der Waals surface area (Å²) in [7, 11) is 0. The molecule has 3 aromatic rings. The van der Waals surface area contributed by atoms with E-state index in [2.05, 4.69) is 29.6 Å². The number of aromatic nitrogens is 2. The summed E-state index contributed by atoms with van der Waals surface area (Å²) in [5.74, 6) is -0.377. The minimum absolute atomic E-state index is 0.0239. The average molecular weight is 513 g/mol. The van der Waals surface area contributed by atoms with E-state index >= 15 is 0 Å². The molecule has 2 heterocycles. The first-order valence-corrected chi connectivity index (χ1v) is 11.8. The topological polar surface area (TPSA) is 112 Å². The van der Waals surface area contributed by atoms with Crippen molar-refractivity contribution < 1.29 is 28.6 Å². The maximum atomic E-state index is 13.5. The molecule has 0 radical (unpaired) electrons. The van der Waals surface area contributed by atoms with Crippen LogP contribution < -0.4 is 15.4 Å². The number of rotatable bonds is 10. The molecule has 2 amide bonds. The minimum atomic E-state index is -0.847. The van der Waals surface area contributed by atoms with Crippen LogP contribution in [0.1, 0.15) is 24.3 Å². The van der Waals surface area contributed by atoms with Gasteiger partial charge in [-0.1, -0.05) is 43.6 Å². The minimum Gasteiger partial charge on any atom is -0.492 e. The Hall–Kier alpha value is -3.73. The van der Waals surface area contributed by atoms with Crippen molar-refractivity contribution in [1.29, 1.82) is 0 Å². The molecule has 4 rings (SSSR count). The molecule has 36 heavy (non-hydrogen) atoms. The van der Waals surface area contributed by atoms with Gasteiger partial charge in [0.2, 0.25) is 13.2 Å². The van der Waals surface area contributed by atoms with E-state index in [1.807, 2.05) is 30.3 Å². The Balaban J connectivity index is 1.72. The Morgan fingerprint density at radius 3 is 2.75 bits per heavy atom. The molecule has 0 aliphatic carbocycles. The van der Waals surface area contributed by atoms with Gasteiger partial charge in [-0.2, -0.15) is 5.10 Å². The van der Waals surface area contributed by atoms with E-state index in [0.717, 1.165) is 5.56 Å². The molecule has 1 aliphatic heterocycles. The molecule has 1 aliphatic rings. The Kier molecular flexibility index (Phi) is 7.68. The van der Waals surface area contributed by atoms with E-state index in [0.29, 0.717) is 41.3 Å². The van der Waals surface area contributed by atoms with Gasteiger partial charge in [0.25, 0.3) is 5.91 Å². The van der Waals surface area contributed by atoms with Crippen LogP contribution in [0, 0.1) is 0 Å². The van der Waals surface area contributed by atoms with Gasteiger partial charge in [-0.05, 0) is 35.0 Å². The van der Waals surface area contributed by atoms with Crippen LogP contribution in [0.5, 0.6) is 5.75 Å². The van der Waals surface area contributed by atoms with Gasteiger partial charge in [-0.3, -0.25) is 9.63 Å². The van der Waals surface area contributed by atoms with Gasteiger partial charge in [-0.15, -0.1) is 0 Å². The number of hydrogen-bond acceptors (Lipinski definition) is 7. The lowest BCUT2D eigenvalue weighted by Gasteiger charge is -2.22. The second kappa shape index (κ2) is 10.9. The van der Waals surface area contributed by atoms with Crippen LogP contribution in [0.25, 0.3) is 16.9 Å². The average Bonchev–Trinajstić information content (AvgIpc) is 3.46. The molecular weight excluding hydrogens is 486 g/mol. The van der Waals surface area contributed by atoms with Crippen molar-refractivity contribution in [3.05, 3.63) is 65.3 Å². The third kappa shape index (κ3) is 5.56. The lowest BCUT2D eigenvalue weighted by Crippen LogP contribution is -2.51. The van der Waals surface area contributed by atoms with Gasteiger partial charge in [0.15, 0.2) is 5.69 Å². The van der Waals surface area contributed by atoms with Crippen molar-refractivity contribution in [1.82, 2.24) is 20.4 Å². The molecule has 188 valence electrons. The first kappa shape index (κ1) is 25.4. The van der Waals surface area contributed by atoms with Crippen LogP contribution in [-0.4, -0.2) is 65.1 Å². The summed E-state index contributed by atoms with van der Waals surface area (Å²) >= 11 is 6.22. The lowest BCUT2D eigenvalue weighted by molar-refractivity contribution is -1.01. The van der Waals surface area contributed by atoms with E-state index in [1.54, 1.807) is 28.9 Å². The molecule has 2 N–H and O–H groups in total. The van der Waals surface area contributed by atoms with Crippen molar-refractivity contribution in [2.24, 2.45) is 0 Å². The van der Waals surface area contributed by atoms with Crippen molar-refractivity contribution in [3.63, 3.8) is 0 Å². The number of carbonyl (C=O) groups is 3. The number of amides is 2. The Bertz CT molecular complexity index is 1280. The zero-order chi connectivity index (χ0) is 25.7. The molecule has 2 aromatic carbocycles. The number of nitrogens with zero attached hydrogens (tertiary/aromatic N) is 3. The summed E-state index contributed by atoms with van der Waals surface area (Å²) in [6, 6.07) is 16.4. The Labute approximate surface area is 213 Å². The van der Waals surface area contributed by atoms with Crippen LogP contribution in [0.4, 0.5) is 0 Å². The molecule has 1 aromatic heterocycles. The van der Waals surface area contributed by atoms with Crippen LogP contribution in [0.15, 0.2) is 54.6 Å². The second-order valence-corrected chi connectivity index (χ2v) is 9.04. The molecule has 1 atom stereocenters. The quantitative estimate of drug-likeness (QED) is 0.244. The van der Waals surface area contributed by atoms with E-state index in [-0.39, 0.29) is 25.4 Å². The normalized spacial score (nSPS) is 17.2. The number of hydroxylamine groups is 3. The monoisotopic (exact) mass is 512 g/mol. The smallest absolute Gasteiger partial charge is 0.409 e. The van der Waals surface area contributed by atoms with Crippen molar-refractivity contribution in [2.45, 2.75) is 19.9 Å². The zero-order valence-corrected chi connectivity index (χ0v) is 20.7. The van der Waals surface area contributed by atoms with Crippen molar-refractivity contribution in [3.8, 4) is 22.7 Å². The largest absolute Gasteiger partial charge is 0.492 e. The van der Waals surface area contributed by atoms with E-state index in [4.69, 9.17) is 21.2 Å². The van der Waals surface area contributed by atoms with Gasteiger partial charge >= 0.3 is 12.4 Å². The maximum Gasteiger partial charge on any atom is 0.409 e. The molecule has 1 unspecified atom stereocenters. The molecule has 10 nitrogen and oxygen atoms in total. The predicted molar refractivity (Wildman–Crippen MR) is 132 cm³/mol. The third-order valence-corrected chi connectivity index (χ3v) is 5.82. The van der Waals surface area contributed by atoms with Crippen LogP contribution >= 0.6 is 11.6 Å². The fraction of sp³-hybridized carbons (Fsp3) is 0.280. The molecule has 0 spiro atoms. The zero-order valence-electron chi connectivity index (χ0n) is 19.9. The number of nitrogens with one attached hydrogen (secondary N) is 2. The van der Waals surface area contributed by atoms with Crippen molar-refractivity contribution >= 4 is 29.9 Å². The molecular formula is C25H27ClN5O5+. The highest BCUT2D eigenvalue weighted by Gasteiger charge is 2.49. The first-order valence-electron chi connectivity index (χ1n) is 11.4. The summed E-state index contributed by atoms with van der Waals surface area (Å²) in [6.45, 7) is 4.97. The van der Waals surface area contributed by atoms with Crippen LogP contribution in [0.3, 0.4) is 0 Å². The van der Waals surface area contributed by atoms with Gasteiger partial charge in [0, 0.05) is 29.2 Å². The number of hydrogen-bond donors (Lipinski definition) is 2. The Morgan fingerprint density at radius 1 is 1.25 bits per heavy atom. The van der Waals surface area contributed by atoms with E-state index in [9.17, 15) is 14.4 Å². The van der Waals surface area contributed by atoms with Gasteiger partial charge < -0.3 is 15.4 Å². The summed E-state index contributed by atoms with van der Waals surface area (Å²) in [5, 5.41) is 10.9. The molecule has 0 saturated carbocycles. The molecule has 1 fully saturated rings. The fourth-order valence-corrected chi connectivity index (χ4v) is 4.06. The summed E-state index contributed by atoms with van der Waals surface area (Å²) in [6.07, 6.45) is 0. The number of halogens is 1. The molecule has 0 bridgehead atoms. The number of carbonyl (C=O) groups excluding carboxylic acids is 3. The predicted octanol–water partition coefficient (Wildman–Crippen LogP) is 2.70. The molecule has 1 saturated heterocycles. The second-order valence-electron chi connectivity index (χ2n) is 8.60. The van der Waals surface area contributed by atoms with Gasteiger partial charge in [0.1, 0.15) is 12.4 Å². The number of ether oxygens (including phenoxy) is 1. The summed E-state index contributed by atoms with van der Waals surface area (Å²) in [5.41, 5.74) is 1.99. The fourth-order valence-electron chi connectivity index (χ4n) is 3.87. The van der Waals surface area contributed by atoms with Crippen LogP contribution in [0.2, 0.25) is 5.02 Å². The van der Waals surface area contributed by atoms with Gasteiger partial charge in [-0.25, -0.2) is 14.3 Å². The summed E-state index contributed by atoms with van der Waals surface area (Å²) in [4.78, 5) is 41.6. The SMILES string of the molecule is CC(C)NCCOc1cccc(-c2cc(C(=O)[N+]3(OC=O)CNC(=O)C3)nn2-c2cccc(Cl)c2)c1. The standard InChI is InChI=1S/C25H26ClN5O5/c1-17(2)27-9-10-35-21-8-3-5-18(11-21)23-13-22(29-30(23)20-7-4-6-19(26)12-20)25(34)31(36-16-32)14-24(33)28-15-31/h3-8,11-13,16-17,27H,9-10,14-15H2,1-2H3/p+1. The van der Waals surface area contributed by atoms with Crippen molar-refractivity contribution in [2.75, 3.05) is 26.4 Å². The number of quaternary nitrogens is 1. The maximum absolute atomic E-state index is 13.5. The third-order valence-electron chi connectivity index (χ3n) is 5.58. The molecule has 11 heteroatoms. The van der Waals surface area contributed by atoms with Gasteiger partial charge in [0.05, 0.1) is 11.4 Å². The number of benzene rings is 2. The Morgan fingerprint density at radius 2 is 2.06 bits per heavy atom. The lowest BCUT2D eigenvalue weighted by atomic mass is 10.1. The summed E-state index contributed by atoms with van der Waals surface area (Å²) < 4.78 is 6.63. The van der Waals surface area contributed by atoms with E-state index in [1.165, 1.54) is 0 Å². The highest BCUT2D eigenvalue weighted by molar-refractivity contribution is 6.30. The first-order chi connectivity index (χ1) is 17.3. The van der Waals surface area contributed by atoms with Crippen LogP contribution in [-0.2, 0) is 14.4 Å². The van der Waals surface area contributed by atoms with E-state index < -0.39 is 16.5 Å².